The minimum absolute atomic E-state index is 0.131. The molecular formula is C16H34O. The molecule has 0 aliphatic heterocycles. The summed E-state index contributed by atoms with van der Waals surface area (Å²) in [5.41, 5.74) is 0. The molecule has 0 radical (unpaired) electrons. The molecule has 1 nitrogen and oxygen atoms in total. The average molecular weight is 242 g/mol. The highest BCUT2D eigenvalue weighted by Gasteiger charge is 2.07. The molecule has 17 heavy (non-hydrogen) atoms. The van der Waals surface area contributed by atoms with Crippen LogP contribution < -0.4 is 0 Å². The molecule has 0 rings (SSSR count). The lowest BCUT2D eigenvalue weighted by molar-refractivity contribution is 0.128. The molecule has 0 heterocycles. The Kier molecular flexibility index (Phi) is 12.4. The van der Waals surface area contributed by atoms with Crippen LogP contribution in [0.3, 0.4) is 0 Å². The van der Waals surface area contributed by atoms with E-state index in [-0.39, 0.29) is 6.10 Å². The molecule has 0 spiro atoms. The van der Waals surface area contributed by atoms with E-state index in [0.29, 0.717) is 5.92 Å². The van der Waals surface area contributed by atoms with E-state index in [2.05, 4.69) is 13.8 Å². The highest BCUT2D eigenvalue weighted by atomic mass is 16.3. The predicted octanol–water partition coefficient (Wildman–Crippen LogP) is 5.31. The molecule has 1 N–H and O–H groups in total. The lowest BCUT2D eigenvalue weighted by Gasteiger charge is -2.13. The zero-order chi connectivity index (χ0) is 12.9. The Morgan fingerprint density at radius 3 is 1.53 bits per heavy atom. The van der Waals surface area contributed by atoms with E-state index in [1.54, 1.807) is 0 Å². The summed E-state index contributed by atoms with van der Waals surface area (Å²) in [7, 11) is 0. The lowest BCUT2D eigenvalue weighted by Crippen LogP contribution is -2.12. The molecule has 0 fully saturated rings. The van der Waals surface area contributed by atoms with Gasteiger partial charge in [-0.3, -0.25) is 0 Å². The van der Waals surface area contributed by atoms with Crippen LogP contribution >= 0.6 is 0 Å². The summed E-state index contributed by atoms with van der Waals surface area (Å²) in [4.78, 5) is 0. The third-order valence-electron chi connectivity index (χ3n) is 3.84. The van der Waals surface area contributed by atoms with Crippen molar-refractivity contribution in [3.63, 3.8) is 0 Å². The van der Waals surface area contributed by atoms with Crippen molar-refractivity contribution in [2.75, 3.05) is 0 Å². The Morgan fingerprint density at radius 1 is 0.706 bits per heavy atom. The minimum Gasteiger partial charge on any atom is -0.393 e. The highest BCUT2D eigenvalue weighted by Crippen LogP contribution is 2.15. The summed E-state index contributed by atoms with van der Waals surface area (Å²) in [5, 5.41) is 9.36. The third-order valence-corrected chi connectivity index (χ3v) is 3.84. The van der Waals surface area contributed by atoms with Crippen molar-refractivity contribution in [1.29, 1.82) is 0 Å². The lowest BCUT2D eigenvalue weighted by atomic mass is 9.97. The predicted molar refractivity (Wildman–Crippen MR) is 77.3 cm³/mol. The van der Waals surface area contributed by atoms with Gasteiger partial charge in [0.1, 0.15) is 0 Å². The summed E-state index contributed by atoms with van der Waals surface area (Å²) in [6.07, 6.45) is 15.0. The first-order chi connectivity index (χ1) is 8.18. The topological polar surface area (TPSA) is 20.2 Å². The minimum atomic E-state index is -0.131. The first kappa shape index (κ1) is 17.0. The summed E-state index contributed by atoms with van der Waals surface area (Å²) < 4.78 is 0. The first-order valence-corrected chi connectivity index (χ1v) is 7.86. The van der Waals surface area contributed by atoms with Gasteiger partial charge in [0.2, 0.25) is 0 Å². The second-order valence-corrected chi connectivity index (χ2v) is 5.69. The fraction of sp³-hybridized carbons (Fsp3) is 1.00. The molecule has 2 atom stereocenters. The van der Waals surface area contributed by atoms with Crippen molar-refractivity contribution in [3.05, 3.63) is 0 Å². The number of unbranched alkanes of at least 4 members (excludes halogenated alkanes) is 9. The van der Waals surface area contributed by atoms with Gasteiger partial charge in [0.15, 0.2) is 0 Å². The van der Waals surface area contributed by atoms with Crippen LogP contribution in [0.5, 0.6) is 0 Å². The van der Waals surface area contributed by atoms with Gasteiger partial charge in [-0.15, -0.1) is 0 Å². The average Bonchev–Trinajstić information content (AvgIpc) is 2.31. The van der Waals surface area contributed by atoms with Crippen LogP contribution in [0.25, 0.3) is 0 Å². The van der Waals surface area contributed by atoms with E-state index in [4.69, 9.17) is 0 Å². The van der Waals surface area contributed by atoms with Gasteiger partial charge in [-0.1, -0.05) is 78.1 Å². The van der Waals surface area contributed by atoms with Gasteiger partial charge < -0.3 is 5.11 Å². The second kappa shape index (κ2) is 12.4. The molecule has 0 aromatic carbocycles. The van der Waals surface area contributed by atoms with Gasteiger partial charge >= 0.3 is 0 Å². The van der Waals surface area contributed by atoms with Crippen molar-refractivity contribution in [2.45, 2.75) is 97.5 Å². The van der Waals surface area contributed by atoms with E-state index < -0.39 is 0 Å². The van der Waals surface area contributed by atoms with Crippen LogP contribution in [0.2, 0.25) is 0 Å². The highest BCUT2D eigenvalue weighted by molar-refractivity contribution is 4.59. The zero-order valence-corrected chi connectivity index (χ0v) is 12.4. The molecule has 0 aromatic rings. The number of aliphatic hydroxyl groups is 1. The van der Waals surface area contributed by atoms with Crippen LogP contribution in [0.15, 0.2) is 0 Å². The van der Waals surface area contributed by atoms with Crippen LogP contribution in [-0.4, -0.2) is 11.2 Å². The number of hydrogen-bond donors (Lipinski definition) is 1. The van der Waals surface area contributed by atoms with Crippen molar-refractivity contribution < 1.29 is 5.11 Å². The molecule has 0 aromatic heterocycles. The maximum Gasteiger partial charge on any atom is 0.0537 e. The van der Waals surface area contributed by atoms with Crippen molar-refractivity contribution in [1.82, 2.24) is 0 Å². The van der Waals surface area contributed by atoms with Gasteiger partial charge in [-0.2, -0.15) is 0 Å². The molecule has 2 unspecified atom stereocenters. The molecule has 0 saturated heterocycles. The molecule has 1 heteroatoms. The molecule has 0 aliphatic rings. The SMILES string of the molecule is CCCCCCCCCCCCC(C)C(C)O. The third kappa shape index (κ3) is 12.2. The van der Waals surface area contributed by atoms with Crippen molar-refractivity contribution in [3.8, 4) is 0 Å². The molecular weight excluding hydrogens is 208 g/mol. The standard InChI is InChI=1S/C16H34O/c1-4-5-6-7-8-9-10-11-12-13-14-15(2)16(3)17/h15-17H,4-14H2,1-3H3. The Bertz CT molecular complexity index is 142. The van der Waals surface area contributed by atoms with Gasteiger partial charge in [0.05, 0.1) is 6.10 Å². The van der Waals surface area contributed by atoms with Crippen molar-refractivity contribution in [2.24, 2.45) is 5.92 Å². The molecule has 0 saturated carbocycles. The maximum atomic E-state index is 9.36. The quantitative estimate of drug-likeness (QED) is 0.460. The normalized spacial score (nSPS) is 14.8. The number of hydrogen-bond acceptors (Lipinski definition) is 1. The van der Waals surface area contributed by atoms with E-state index in [9.17, 15) is 5.11 Å². The van der Waals surface area contributed by atoms with Crippen LogP contribution in [-0.2, 0) is 0 Å². The van der Waals surface area contributed by atoms with Crippen LogP contribution in [0.4, 0.5) is 0 Å². The summed E-state index contributed by atoms with van der Waals surface area (Å²) in [6.45, 7) is 6.33. The monoisotopic (exact) mass is 242 g/mol. The van der Waals surface area contributed by atoms with Gasteiger partial charge in [0, 0.05) is 0 Å². The largest absolute Gasteiger partial charge is 0.393 e. The second-order valence-electron chi connectivity index (χ2n) is 5.69. The molecule has 0 bridgehead atoms. The van der Waals surface area contributed by atoms with Gasteiger partial charge in [-0.05, 0) is 19.3 Å². The number of rotatable bonds is 12. The molecule has 0 amide bonds. The Labute approximate surface area is 109 Å². The summed E-state index contributed by atoms with van der Waals surface area (Å²) >= 11 is 0. The summed E-state index contributed by atoms with van der Waals surface area (Å²) in [6, 6.07) is 0. The Balaban J connectivity index is 3.03. The Morgan fingerprint density at radius 2 is 1.12 bits per heavy atom. The smallest absolute Gasteiger partial charge is 0.0537 e. The van der Waals surface area contributed by atoms with Gasteiger partial charge in [-0.25, -0.2) is 0 Å². The fourth-order valence-electron chi connectivity index (χ4n) is 2.19. The van der Waals surface area contributed by atoms with Crippen LogP contribution in [0.1, 0.15) is 91.4 Å². The van der Waals surface area contributed by atoms with E-state index in [1.165, 1.54) is 70.6 Å². The maximum absolute atomic E-state index is 9.36. The summed E-state index contributed by atoms with van der Waals surface area (Å²) in [5.74, 6) is 0.476. The Hall–Kier alpha value is -0.0400. The fourth-order valence-corrected chi connectivity index (χ4v) is 2.19. The molecule has 104 valence electrons. The van der Waals surface area contributed by atoms with E-state index in [0.717, 1.165) is 0 Å². The van der Waals surface area contributed by atoms with E-state index >= 15 is 0 Å². The zero-order valence-electron chi connectivity index (χ0n) is 12.4. The van der Waals surface area contributed by atoms with Gasteiger partial charge in [0.25, 0.3) is 0 Å². The van der Waals surface area contributed by atoms with Crippen molar-refractivity contribution >= 4 is 0 Å². The van der Waals surface area contributed by atoms with Crippen LogP contribution in [0, 0.1) is 5.92 Å². The number of aliphatic hydroxyl groups excluding tert-OH is 1. The van der Waals surface area contributed by atoms with E-state index in [1.807, 2.05) is 6.92 Å². The first-order valence-electron chi connectivity index (χ1n) is 7.86. The molecule has 0 aliphatic carbocycles.